The Morgan fingerprint density at radius 3 is 2.43 bits per heavy atom. The molecule has 0 aliphatic rings. The number of hydrazone groups is 1. The average Bonchev–Trinajstić information content (AvgIpc) is 2.76. The summed E-state index contributed by atoms with van der Waals surface area (Å²) in [7, 11) is 1.51. The highest BCUT2D eigenvalue weighted by molar-refractivity contribution is 6.06. The number of carbonyl (C=O) groups is 1. The third kappa shape index (κ3) is 4.32. The van der Waals surface area contributed by atoms with Gasteiger partial charge in [-0.1, -0.05) is 18.2 Å². The van der Waals surface area contributed by atoms with Gasteiger partial charge in [0, 0.05) is 18.0 Å². The van der Waals surface area contributed by atoms with Gasteiger partial charge in [-0.15, -0.1) is 0 Å². The largest absolute Gasteiger partial charge is 0.490 e. The molecule has 0 aliphatic carbocycles. The van der Waals surface area contributed by atoms with Gasteiger partial charge in [-0.05, 0) is 45.0 Å². The molecule has 3 rings (SSSR count). The van der Waals surface area contributed by atoms with Crippen LogP contribution in [-0.2, 0) is 7.05 Å². The highest BCUT2D eigenvalue weighted by atomic mass is 16.5. The maximum absolute atomic E-state index is 12.7. The first-order valence-corrected chi connectivity index (χ1v) is 9.67. The van der Waals surface area contributed by atoms with Gasteiger partial charge >= 0.3 is 0 Å². The number of hydrogen-bond donors (Lipinski definition) is 1. The Bertz CT molecular complexity index is 1170. The summed E-state index contributed by atoms with van der Waals surface area (Å²) < 4.78 is 12.4. The molecule has 0 saturated heterocycles. The van der Waals surface area contributed by atoms with Crippen LogP contribution in [0.2, 0.25) is 0 Å². The Hall–Kier alpha value is -3.68. The zero-order valence-corrected chi connectivity index (χ0v) is 17.4. The van der Waals surface area contributed by atoms with Crippen LogP contribution in [0.5, 0.6) is 11.5 Å². The summed E-state index contributed by atoms with van der Waals surface area (Å²) in [5, 5.41) is 9.21. The van der Waals surface area contributed by atoms with E-state index in [9.17, 15) is 9.59 Å². The van der Waals surface area contributed by atoms with Gasteiger partial charge in [0.2, 0.25) is 0 Å². The molecule has 1 N–H and O–H groups in total. The quantitative estimate of drug-likeness (QED) is 0.479. The van der Waals surface area contributed by atoms with Gasteiger partial charge in [-0.25, -0.2) is 10.1 Å². The molecular weight excluding hydrogens is 384 g/mol. The monoisotopic (exact) mass is 408 g/mol. The average molecular weight is 408 g/mol. The lowest BCUT2D eigenvalue weighted by Gasteiger charge is -2.12. The first-order chi connectivity index (χ1) is 14.5. The van der Waals surface area contributed by atoms with Gasteiger partial charge in [0.1, 0.15) is 0 Å². The van der Waals surface area contributed by atoms with Gasteiger partial charge in [-0.3, -0.25) is 9.59 Å². The molecule has 0 atom stereocenters. The van der Waals surface area contributed by atoms with Crippen molar-refractivity contribution in [2.45, 2.75) is 20.8 Å². The van der Waals surface area contributed by atoms with E-state index in [1.807, 2.05) is 32.0 Å². The fourth-order valence-corrected chi connectivity index (χ4v) is 3.00. The molecule has 1 amide bonds. The van der Waals surface area contributed by atoms with Crippen LogP contribution in [0.1, 0.15) is 36.8 Å². The van der Waals surface area contributed by atoms with E-state index >= 15 is 0 Å². The van der Waals surface area contributed by atoms with Crippen molar-refractivity contribution in [1.29, 1.82) is 0 Å². The second-order valence-electron chi connectivity index (χ2n) is 6.49. The van der Waals surface area contributed by atoms with Crippen LogP contribution in [0.4, 0.5) is 0 Å². The molecule has 0 unspecified atom stereocenters. The Morgan fingerprint density at radius 2 is 1.73 bits per heavy atom. The Balaban J connectivity index is 1.88. The lowest BCUT2D eigenvalue weighted by Crippen LogP contribution is -2.27. The van der Waals surface area contributed by atoms with E-state index < -0.39 is 5.91 Å². The molecule has 0 radical (unpaired) electrons. The van der Waals surface area contributed by atoms with Crippen LogP contribution >= 0.6 is 0 Å². The summed E-state index contributed by atoms with van der Waals surface area (Å²) in [6, 6.07) is 12.3. The number of carbonyl (C=O) groups excluding carboxylic acids is 1. The predicted molar refractivity (Wildman–Crippen MR) is 115 cm³/mol. The highest BCUT2D eigenvalue weighted by Gasteiger charge is 2.15. The second kappa shape index (κ2) is 9.21. The Labute approximate surface area is 174 Å². The van der Waals surface area contributed by atoms with Crippen LogP contribution in [0.25, 0.3) is 10.8 Å². The fraction of sp³-hybridized carbons (Fsp3) is 0.273. The minimum Gasteiger partial charge on any atom is -0.490 e. The van der Waals surface area contributed by atoms with E-state index in [0.29, 0.717) is 41.2 Å². The van der Waals surface area contributed by atoms with Crippen molar-refractivity contribution in [3.05, 3.63) is 64.1 Å². The second-order valence-corrected chi connectivity index (χ2v) is 6.49. The summed E-state index contributed by atoms with van der Waals surface area (Å²) in [6.07, 6.45) is 0. The Kier molecular flexibility index (Phi) is 6.46. The molecular formula is C22H24N4O4. The molecule has 2 aromatic carbocycles. The first-order valence-electron chi connectivity index (χ1n) is 9.67. The Morgan fingerprint density at radius 1 is 1.07 bits per heavy atom. The maximum Gasteiger partial charge on any atom is 0.292 e. The number of amides is 1. The number of fused-ring (bicyclic) bond motifs is 1. The predicted octanol–water partition coefficient (Wildman–Crippen LogP) is 2.88. The molecule has 0 bridgehead atoms. The molecule has 0 saturated carbocycles. The number of ether oxygens (including phenoxy) is 2. The number of benzene rings is 2. The minimum absolute atomic E-state index is 0.131. The molecule has 0 aliphatic heterocycles. The van der Waals surface area contributed by atoms with Crippen molar-refractivity contribution in [2.75, 3.05) is 13.2 Å². The lowest BCUT2D eigenvalue weighted by molar-refractivity contribution is 0.0949. The van der Waals surface area contributed by atoms with E-state index in [-0.39, 0.29) is 11.3 Å². The summed E-state index contributed by atoms with van der Waals surface area (Å²) >= 11 is 0. The number of hydrogen-bond acceptors (Lipinski definition) is 6. The van der Waals surface area contributed by atoms with E-state index in [2.05, 4.69) is 15.6 Å². The van der Waals surface area contributed by atoms with Crippen molar-refractivity contribution in [2.24, 2.45) is 12.1 Å². The number of nitrogens with one attached hydrogen (secondary N) is 1. The van der Waals surface area contributed by atoms with Crippen LogP contribution in [0, 0.1) is 0 Å². The molecule has 8 nitrogen and oxygen atoms in total. The van der Waals surface area contributed by atoms with E-state index in [4.69, 9.17) is 9.47 Å². The fourth-order valence-electron chi connectivity index (χ4n) is 3.00. The third-order valence-corrected chi connectivity index (χ3v) is 4.46. The van der Waals surface area contributed by atoms with Crippen LogP contribution < -0.4 is 20.5 Å². The van der Waals surface area contributed by atoms with Gasteiger partial charge < -0.3 is 9.47 Å². The van der Waals surface area contributed by atoms with Gasteiger partial charge in [-0.2, -0.15) is 10.2 Å². The zero-order chi connectivity index (χ0) is 21.7. The van der Waals surface area contributed by atoms with Crippen LogP contribution in [-0.4, -0.2) is 34.6 Å². The topological polar surface area (TPSA) is 94.8 Å². The first kappa shape index (κ1) is 21.0. The molecule has 156 valence electrons. The normalized spacial score (nSPS) is 11.4. The molecule has 0 spiro atoms. The van der Waals surface area contributed by atoms with Crippen molar-refractivity contribution in [3.63, 3.8) is 0 Å². The summed E-state index contributed by atoms with van der Waals surface area (Å²) in [6.45, 7) is 6.61. The smallest absolute Gasteiger partial charge is 0.292 e. The summed E-state index contributed by atoms with van der Waals surface area (Å²) in [5.41, 5.74) is 3.76. The van der Waals surface area contributed by atoms with Gasteiger partial charge in [0.15, 0.2) is 17.2 Å². The standard InChI is InChI=1S/C22H24N4O4/c1-5-29-18-12-11-15(13-19(18)30-6-2)14(3)23-24-21(27)20-16-9-7-8-10-17(16)22(28)26(4)25-20/h7-13H,5-6H2,1-4H3,(H,24,27)/b23-14-. The molecule has 1 aromatic heterocycles. The maximum atomic E-state index is 12.7. The third-order valence-electron chi connectivity index (χ3n) is 4.46. The van der Waals surface area contributed by atoms with Crippen molar-refractivity contribution in [1.82, 2.24) is 15.2 Å². The minimum atomic E-state index is -0.503. The van der Waals surface area contributed by atoms with Crippen molar-refractivity contribution in [3.8, 4) is 11.5 Å². The van der Waals surface area contributed by atoms with Gasteiger partial charge in [0.05, 0.1) is 24.3 Å². The summed E-state index contributed by atoms with van der Waals surface area (Å²) in [5.74, 6) is 0.765. The van der Waals surface area contributed by atoms with Crippen molar-refractivity contribution >= 4 is 22.4 Å². The van der Waals surface area contributed by atoms with Crippen molar-refractivity contribution < 1.29 is 14.3 Å². The van der Waals surface area contributed by atoms with Gasteiger partial charge in [0.25, 0.3) is 11.5 Å². The van der Waals surface area contributed by atoms with Crippen LogP contribution in [0.15, 0.2) is 52.4 Å². The molecule has 8 heteroatoms. The number of nitrogens with zero attached hydrogens (tertiary/aromatic N) is 3. The van der Waals surface area contributed by atoms with E-state index in [0.717, 1.165) is 10.2 Å². The molecule has 30 heavy (non-hydrogen) atoms. The van der Waals surface area contributed by atoms with E-state index in [1.54, 1.807) is 31.2 Å². The molecule has 3 aromatic rings. The molecule has 1 heterocycles. The zero-order valence-electron chi connectivity index (χ0n) is 17.4. The SMILES string of the molecule is CCOc1ccc(/C(C)=N\NC(=O)c2nn(C)c(=O)c3ccccc23)cc1OCC. The highest BCUT2D eigenvalue weighted by Crippen LogP contribution is 2.28. The summed E-state index contributed by atoms with van der Waals surface area (Å²) in [4.78, 5) is 25.0. The number of rotatable bonds is 7. The molecule has 0 fully saturated rings. The lowest BCUT2D eigenvalue weighted by atomic mass is 10.1. The van der Waals surface area contributed by atoms with Crippen LogP contribution in [0.3, 0.4) is 0 Å². The number of aryl methyl sites for hydroxylation is 1. The van der Waals surface area contributed by atoms with E-state index in [1.165, 1.54) is 7.05 Å². The number of aromatic nitrogens is 2.